The lowest BCUT2D eigenvalue weighted by Crippen LogP contribution is -2.39. The molecular formula is C80H128B4F4N8O8. The molecule has 24 heteroatoms. The number of hydrogen-bond acceptors (Lipinski definition) is 8. The van der Waals surface area contributed by atoms with E-state index in [1.54, 1.807) is 0 Å². The summed E-state index contributed by atoms with van der Waals surface area (Å²) < 4.78 is 57.9. The van der Waals surface area contributed by atoms with Gasteiger partial charge in [-0.25, -0.2) is 36.5 Å². The molecule has 0 amide bonds. The number of pyridine rings is 8. The van der Waals surface area contributed by atoms with E-state index in [0.717, 1.165) is 52.4 Å². The van der Waals surface area contributed by atoms with Crippen LogP contribution in [0.3, 0.4) is 0 Å². The molecular weight excluding hydrogens is 1320 g/mol. The Morgan fingerprint density at radius 3 is 0.356 bits per heavy atom. The molecule has 0 N–H and O–H groups in total. The third-order valence-electron chi connectivity index (χ3n) is 15.4. The molecule has 8 heterocycles. The predicted molar refractivity (Wildman–Crippen MR) is 398 cm³/mol. The maximum absolute atomic E-state index is 9.89. The summed E-state index contributed by atoms with van der Waals surface area (Å²) in [6, 6.07) is 50.5. The average Bonchev–Trinajstić information content (AvgIpc) is 1.05. The van der Waals surface area contributed by atoms with Gasteiger partial charge in [0.25, 0.3) is 0 Å². The number of unbranched alkanes of at least 4 members (excludes halogenated alkanes) is 8. The van der Waals surface area contributed by atoms with Crippen molar-refractivity contribution in [3.63, 3.8) is 0 Å². The zero-order chi connectivity index (χ0) is 79.1. The molecule has 0 atom stereocenters. The third-order valence-corrected chi connectivity index (χ3v) is 15.4. The SMILES string of the molecule is CCCC[n+]1ccccc1C.CCCC[n+]1ccccc1C.CCCC[n+]1ccccc1C.CCCC[n+]1ccccc1C.CCCC[n+]1ccccc1C.CCCC[n+]1ccccc1C.CCCC[n+]1ccccc1C.CCCC[n+]1ccccc1C.[O-]B([O-])F.[O-]B([O-])F.[O-]B([O-])F.[O-]B([O-])F. The highest BCUT2D eigenvalue weighted by molar-refractivity contribution is 6.27. The summed E-state index contributed by atoms with van der Waals surface area (Å²) >= 11 is 0. The number of aromatic nitrogens is 8. The minimum atomic E-state index is -3.17. The molecule has 576 valence electrons. The molecule has 104 heavy (non-hydrogen) atoms. The Morgan fingerprint density at radius 2 is 0.288 bits per heavy atom. The summed E-state index contributed by atoms with van der Waals surface area (Å²) in [7, 11) is -12.7. The molecule has 0 saturated heterocycles. The second kappa shape index (κ2) is 72.8. The van der Waals surface area contributed by atoms with Gasteiger partial charge in [0.2, 0.25) is 0 Å². The maximum atomic E-state index is 9.89. The van der Waals surface area contributed by atoms with Crippen molar-refractivity contribution >= 4 is 29.6 Å². The lowest BCUT2D eigenvalue weighted by molar-refractivity contribution is -0.703. The van der Waals surface area contributed by atoms with E-state index in [4.69, 9.17) is 40.2 Å². The quantitative estimate of drug-likeness (QED) is 0.0339. The molecule has 0 aliphatic heterocycles. The fourth-order valence-electron chi connectivity index (χ4n) is 9.13. The number of rotatable bonds is 24. The number of aryl methyl sites for hydroxylation is 16. The van der Waals surface area contributed by atoms with Crippen molar-refractivity contribution in [3.05, 3.63) is 241 Å². The van der Waals surface area contributed by atoms with Crippen molar-refractivity contribution in [1.82, 2.24) is 0 Å². The number of hydrogen-bond donors (Lipinski definition) is 0. The van der Waals surface area contributed by atoms with E-state index in [1.165, 1.54) is 148 Å². The maximum Gasteiger partial charge on any atom is 0.178 e. The van der Waals surface area contributed by atoms with Gasteiger partial charge in [-0.2, -0.15) is 0 Å². The molecule has 8 aromatic heterocycles. The van der Waals surface area contributed by atoms with Crippen LogP contribution in [0.15, 0.2) is 195 Å². The number of halogens is 4. The molecule has 0 aliphatic carbocycles. The molecule has 0 bridgehead atoms. The molecule has 8 aromatic rings. The van der Waals surface area contributed by atoms with Gasteiger partial charge in [-0.3, -0.25) is 0 Å². The smallest absolute Gasteiger partial charge is 0.178 e. The fourth-order valence-corrected chi connectivity index (χ4v) is 9.13. The fraction of sp³-hybridized carbons (Fsp3) is 0.500. The normalized spacial score (nSPS) is 9.50. The highest BCUT2D eigenvalue weighted by Gasteiger charge is 2.07. The van der Waals surface area contributed by atoms with Gasteiger partial charge < -0.3 is 57.5 Å². The van der Waals surface area contributed by atoms with Crippen LogP contribution in [0.4, 0.5) is 17.3 Å². The first-order chi connectivity index (χ1) is 49.7. The largest absolute Gasteiger partial charge is 0.867 e. The summed E-state index contributed by atoms with van der Waals surface area (Å²) in [6.07, 6.45) is 37.5. The Morgan fingerprint density at radius 1 is 0.202 bits per heavy atom. The lowest BCUT2D eigenvalue weighted by atomic mass is 10.3. The van der Waals surface area contributed by atoms with E-state index in [-0.39, 0.29) is 0 Å². The number of nitrogens with zero attached hydrogens (tertiary/aromatic N) is 8. The van der Waals surface area contributed by atoms with Gasteiger partial charge in [0, 0.05) is 204 Å². The van der Waals surface area contributed by atoms with Crippen LogP contribution in [-0.2, 0) is 52.4 Å². The van der Waals surface area contributed by atoms with Crippen LogP contribution in [-0.4, -0.2) is 29.6 Å². The highest BCUT2D eigenvalue weighted by atomic mass is 19.1. The summed E-state index contributed by atoms with van der Waals surface area (Å²) in [5.41, 5.74) is 10.8. The molecule has 0 spiro atoms. The van der Waals surface area contributed by atoms with Gasteiger partial charge in [-0.05, 0) is 0 Å². The standard InChI is InChI=1S/8C10H16N.4BFO2/c8*1-3-4-8-11-9-6-5-7-10(11)2;4*2-1(3)4/h8*5-7,9H,3-4,8H2,1-2H3;;;;/q8*+1;4*-2. The molecule has 8 rings (SSSR count). The van der Waals surface area contributed by atoms with E-state index in [1.807, 2.05) is 0 Å². The van der Waals surface area contributed by atoms with Crippen LogP contribution in [0, 0.1) is 55.4 Å². The summed E-state index contributed by atoms with van der Waals surface area (Å²) in [5, 5.41) is 66.4. The first-order valence-corrected chi connectivity index (χ1v) is 37.1. The molecule has 0 unspecified atom stereocenters. The minimum Gasteiger partial charge on any atom is -0.867 e. The Kier molecular flexibility index (Phi) is 72.2. The first-order valence-electron chi connectivity index (χ1n) is 37.1. The van der Waals surface area contributed by atoms with Crippen molar-refractivity contribution in [2.45, 2.75) is 266 Å². The van der Waals surface area contributed by atoms with Crippen LogP contribution in [0.1, 0.15) is 204 Å². The molecule has 0 aliphatic rings. The zero-order valence-electron chi connectivity index (χ0n) is 66.1. The van der Waals surface area contributed by atoms with Gasteiger partial charge in [0.1, 0.15) is 81.9 Å². The van der Waals surface area contributed by atoms with Gasteiger partial charge in [-0.1, -0.05) is 155 Å². The van der Waals surface area contributed by atoms with Gasteiger partial charge in [0.15, 0.2) is 95.1 Å². The monoisotopic (exact) mass is 1450 g/mol. The van der Waals surface area contributed by atoms with Crippen molar-refractivity contribution in [3.8, 4) is 0 Å². The molecule has 0 fully saturated rings. The van der Waals surface area contributed by atoms with Crippen LogP contribution < -0.4 is 76.7 Å². The highest BCUT2D eigenvalue weighted by Crippen LogP contribution is 1.98. The summed E-state index contributed by atoms with van der Waals surface area (Å²) in [4.78, 5) is 0. The molecule has 0 radical (unpaired) electrons. The Balaban J connectivity index is -0.000000533. The summed E-state index contributed by atoms with van der Waals surface area (Å²) in [5.74, 6) is 0. The van der Waals surface area contributed by atoms with Crippen molar-refractivity contribution in [2.24, 2.45) is 0 Å². The van der Waals surface area contributed by atoms with Gasteiger partial charge in [0.05, 0.1) is 0 Å². The second-order valence-electron chi connectivity index (χ2n) is 24.2. The molecule has 16 nitrogen and oxygen atoms in total. The van der Waals surface area contributed by atoms with E-state index in [9.17, 15) is 17.3 Å². The van der Waals surface area contributed by atoms with E-state index >= 15 is 0 Å². The Hall–Kier alpha value is -7.14. The Labute approximate surface area is 627 Å². The van der Waals surface area contributed by atoms with Crippen LogP contribution in [0.25, 0.3) is 0 Å². The molecule has 0 aromatic carbocycles. The lowest BCUT2D eigenvalue weighted by Gasteiger charge is -2.09. The first kappa shape index (κ1) is 103. The van der Waals surface area contributed by atoms with Crippen molar-refractivity contribution < 1.29 is 94.0 Å². The van der Waals surface area contributed by atoms with Crippen LogP contribution >= 0.6 is 0 Å². The molecule has 0 saturated carbocycles. The minimum absolute atomic E-state index is 1.16. The van der Waals surface area contributed by atoms with E-state index < -0.39 is 29.6 Å². The van der Waals surface area contributed by atoms with E-state index in [0.29, 0.717) is 0 Å². The topological polar surface area (TPSA) is 216 Å². The van der Waals surface area contributed by atoms with Crippen LogP contribution in [0.2, 0.25) is 0 Å². The Bertz CT molecular complexity index is 2600. The third kappa shape index (κ3) is 65.6. The average molecular weight is 1450 g/mol. The van der Waals surface area contributed by atoms with Crippen molar-refractivity contribution in [2.75, 3.05) is 0 Å². The van der Waals surface area contributed by atoms with E-state index in [2.05, 4.69) is 342 Å². The van der Waals surface area contributed by atoms with Crippen molar-refractivity contribution in [1.29, 1.82) is 0 Å². The summed E-state index contributed by atoms with van der Waals surface area (Å²) in [6.45, 7) is 44.2. The van der Waals surface area contributed by atoms with Crippen LogP contribution in [0.5, 0.6) is 0 Å². The zero-order valence-corrected chi connectivity index (χ0v) is 66.1. The second-order valence-corrected chi connectivity index (χ2v) is 24.2. The predicted octanol–water partition coefficient (Wildman–Crippen LogP) is 7.31. The van der Waals surface area contributed by atoms with Gasteiger partial charge >= 0.3 is 0 Å². The van der Waals surface area contributed by atoms with Gasteiger partial charge in [-0.15, -0.1) is 0 Å².